The maximum Gasteiger partial charge on any atom is 0.123 e. The molecule has 1 aliphatic rings. The molecule has 1 unspecified atom stereocenters. The van der Waals surface area contributed by atoms with Gasteiger partial charge in [-0.05, 0) is 48.2 Å². The van der Waals surface area contributed by atoms with Crippen LogP contribution in [0, 0.1) is 5.82 Å². The van der Waals surface area contributed by atoms with Crippen LogP contribution in [0.1, 0.15) is 43.9 Å². The summed E-state index contributed by atoms with van der Waals surface area (Å²) in [6.45, 7) is 4.46. The Morgan fingerprint density at radius 2 is 1.88 bits per heavy atom. The lowest BCUT2D eigenvalue weighted by atomic mass is 9.90. The van der Waals surface area contributed by atoms with Crippen LogP contribution in [0.15, 0.2) is 47.4 Å². The van der Waals surface area contributed by atoms with Crippen molar-refractivity contribution >= 4 is 11.8 Å². The molecule has 0 aromatic heterocycles. The summed E-state index contributed by atoms with van der Waals surface area (Å²) < 4.78 is 18.8. The van der Waals surface area contributed by atoms with Gasteiger partial charge in [-0.15, -0.1) is 11.8 Å². The second kappa shape index (κ2) is 7.16. The summed E-state index contributed by atoms with van der Waals surface area (Å²) in [4.78, 5) is 1.24. The van der Waals surface area contributed by atoms with Gasteiger partial charge in [0, 0.05) is 16.2 Å². The summed E-state index contributed by atoms with van der Waals surface area (Å²) >= 11 is 1.88. The van der Waals surface area contributed by atoms with Crippen molar-refractivity contribution in [2.45, 2.75) is 43.2 Å². The third kappa shape index (κ3) is 3.31. The zero-order valence-electron chi connectivity index (χ0n) is 14.4. The number of methoxy groups -OCH3 is 1. The molecule has 3 rings (SSSR count). The van der Waals surface area contributed by atoms with E-state index < -0.39 is 0 Å². The molecular formula is C20H24FNOS. The summed E-state index contributed by atoms with van der Waals surface area (Å²) in [5.41, 5.74) is 2.39. The van der Waals surface area contributed by atoms with E-state index >= 15 is 0 Å². The van der Waals surface area contributed by atoms with Gasteiger partial charge in [0.2, 0.25) is 0 Å². The van der Waals surface area contributed by atoms with Gasteiger partial charge in [0.15, 0.2) is 0 Å². The minimum absolute atomic E-state index is 0.0569. The van der Waals surface area contributed by atoms with Crippen molar-refractivity contribution in [3.63, 3.8) is 0 Å². The number of thioether (sulfide) groups is 1. The molecule has 0 saturated carbocycles. The molecule has 2 nitrogen and oxygen atoms in total. The topological polar surface area (TPSA) is 21.3 Å². The van der Waals surface area contributed by atoms with Gasteiger partial charge < -0.3 is 4.74 Å². The van der Waals surface area contributed by atoms with Crippen LogP contribution in [0.4, 0.5) is 4.39 Å². The Morgan fingerprint density at radius 1 is 1.17 bits per heavy atom. The number of benzene rings is 2. The van der Waals surface area contributed by atoms with Gasteiger partial charge in [0.25, 0.3) is 0 Å². The molecule has 0 fully saturated rings. The predicted octanol–water partition coefficient (Wildman–Crippen LogP) is 5.18. The fourth-order valence-electron chi connectivity index (χ4n) is 3.22. The molecule has 24 heavy (non-hydrogen) atoms. The fraction of sp³-hybridized carbons (Fsp3) is 0.400. The number of hydrogen-bond acceptors (Lipinski definition) is 3. The van der Waals surface area contributed by atoms with E-state index in [1.165, 1.54) is 22.6 Å². The molecule has 0 saturated heterocycles. The summed E-state index contributed by atoms with van der Waals surface area (Å²) in [7, 11) is 1.70. The minimum Gasteiger partial charge on any atom is -0.497 e. The highest BCUT2D eigenvalue weighted by atomic mass is 32.2. The van der Waals surface area contributed by atoms with Crippen molar-refractivity contribution < 1.29 is 9.13 Å². The minimum atomic E-state index is -0.200. The SMILES string of the molecule is CCC1(CC)CSc2cc(OC)ccc2C(c2ccc(F)cc2)N1. The standard InChI is InChI=1S/C20H24FNOS/c1-4-20(5-2)13-24-18-12-16(23-3)10-11-17(18)19(22-20)14-6-8-15(21)9-7-14/h6-12,19,22H,4-5,13H2,1-3H3. The average molecular weight is 345 g/mol. The highest BCUT2D eigenvalue weighted by molar-refractivity contribution is 7.99. The smallest absolute Gasteiger partial charge is 0.123 e. The van der Waals surface area contributed by atoms with E-state index in [1.54, 1.807) is 7.11 Å². The van der Waals surface area contributed by atoms with Gasteiger partial charge in [-0.3, -0.25) is 5.32 Å². The summed E-state index contributed by atoms with van der Waals surface area (Å²) in [5.74, 6) is 1.69. The molecule has 2 aromatic rings. The number of nitrogens with one attached hydrogen (secondary N) is 1. The molecule has 0 aliphatic carbocycles. The summed E-state index contributed by atoms with van der Waals surface area (Å²) in [5, 5.41) is 3.87. The van der Waals surface area contributed by atoms with Crippen LogP contribution in [0.25, 0.3) is 0 Å². The van der Waals surface area contributed by atoms with Crippen molar-refractivity contribution in [3.8, 4) is 5.75 Å². The number of halogens is 1. The van der Waals surface area contributed by atoms with E-state index in [0.717, 1.165) is 29.9 Å². The van der Waals surface area contributed by atoms with E-state index in [1.807, 2.05) is 30.0 Å². The van der Waals surface area contributed by atoms with Crippen LogP contribution in [0.2, 0.25) is 0 Å². The molecule has 1 N–H and O–H groups in total. The molecule has 128 valence electrons. The maximum absolute atomic E-state index is 13.4. The van der Waals surface area contributed by atoms with Gasteiger partial charge >= 0.3 is 0 Å². The maximum atomic E-state index is 13.4. The van der Waals surface area contributed by atoms with Crippen LogP contribution in [-0.4, -0.2) is 18.4 Å². The highest BCUT2D eigenvalue weighted by Crippen LogP contribution is 2.41. The first-order valence-electron chi connectivity index (χ1n) is 8.44. The lowest BCUT2D eigenvalue weighted by Crippen LogP contribution is -2.47. The first-order chi connectivity index (χ1) is 11.6. The second-order valence-electron chi connectivity index (χ2n) is 6.31. The Bertz CT molecular complexity index is 697. The Balaban J connectivity index is 2.09. The number of hydrogen-bond donors (Lipinski definition) is 1. The number of ether oxygens (including phenoxy) is 1. The average Bonchev–Trinajstić information content (AvgIpc) is 2.79. The van der Waals surface area contributed by atoms with Crippen molar-refractivity contribution in [1.82, 2.24) is 5.32 Å². The number of fused-ring (bicyclic) bond motifs is 1. The molecule has 2 aromatic carbocycles. The second-order valence-corrected chi connectivity index (χ2v) is 7.33. The quantitative estimate of drug-likeness (QED) is 0.825. The Kier molecular flexibility index (Phi) is 5.16. The van der Waals surface area contributed by atoms with E-state index in [2.05, 4.69) is 31.3 Å². The molecular weight excluding hydrogens is 321 g/mol. The first kappa shape index (κ1) is 17.3. The lowest BCUT2D eigenvalue weighted by Gasteiger charge is -2.35. The van der Waals surface area contributed by atoms with Crippen LogP contribution in [0.3, 0.4) is 0 Å². The van der Waals surface area contributed by atoms with Crippen molar-refractivity contribution in [3.05, 3.63) is 59.4 Å². The van der Waals surface area contributed by atoms with Crippen LogP contribution >= 0.6 is 11.8 Å². The van der Waals surface area contributed by atoms with Crippen LogP contribution in [-0.2, 0) is 0 Å². The summed E-state index contributed by atoms with van der Waals surface area (Å²) in [6, 6.07) is 13.1. The van der Waals surface area contributed by atoms with Gasteiger partial charge in [-0.25, -0.2) is 4.39 Å². The predicted molar refractivity (Wildman–Crippen MR) is 98.4 cm³/mol. The van der Waals surface area contributed by atoms with Crippen molar-refractivity contribution in [2.75, 3.05) is 12.9 Å². The van der Waals surface area contributed by atoms with Crippen molar-refractivity contribution in [1.29, 1.82) is 0 Å². The highest BCUT2D eigenvalue weighted by Gasteiger charge is 2.34. The number of rotatable bonds is 4. The van der Waals surface area contributed by atoms with Crippen LogP contribution < -0.4 is 10.1 Å². The molecule has 0 amide bonds. The molecule has 0 radical (unpaired) electrons. The molecule has 4 heteroatoms. The largest absolute Gasteiger partial charge is 0.497 e. The zero-order valence-corrected chi connectivity index (χ0v) is 15.3. The van der Waals surface area contributed by atoms with E-state index in [4.69, 9.17) is 4.74 Å². The third-order valence-corrected chi connectivity index (χ3v) is 6.40. The van der Waals surface area contributed by atoms with Crippen molar-refractivity contribution in [2.24, 2.45) is 0 Å². The molecule has 1 heterocycles. The van der Waals surface area contributed by atoms with Gasteiger partial charge in [-0.1, -0.05) is 32.0 Å². The third-order valence-electron chi connectivity index (χ3n) is 5.04. The molecule has 0 spiro atoms. The van der Waals surface area contributed by atoms with Gasteiger partial charge in [-0.2, -0.15) is 0 Å². The first-order valence-corrected chi connectivity index (χ1v) is 9.43. The van der Waals surface area contributed by atoms with E-state index in [-0.39, 0.29) is 17.4 Å². The molecule has 1 aliphatic heterocycles. The van der Waals surface area contributed by atoms with Gasteiger partial charge in [0.05, 0.1) is 13.2 Å². The van der Waals surface area contributed by atoms with E-state index in [0.29, 0.717) is 0 Å². The van der Waals surface area contributed by atoms with Gasteiger partial charge in [0.1, 0.15) is 11.6 Å². The Hall–Kier alpha value is -1.52. The normalized spacial score (nSPS) is 19.4. The lowest BCUT2D eigenvalue weighted by molar-refractivity contribution is 0.316. The van der Waals surface area contributed by atoms with E-state index in [9.17, 15) is 4.39 Å². The fourth-order valence-corrected chi connectivity index (χ4v) is 4.70. The Morgan fingerprint density at radius 3 is 2.50 bits per heavy atom. The Labute approximate surface area is 147 Å². The zero-order chi connectivity index (χ0) is 17.2. The summed E-state index contributed by atoms with van der Waals surface area (Å²) in [6.07, 6.45) is 2.11. The molecule has 0 bridgehead atoms. The van der Waals surface area contributed by atoms with Crippen LogP contribution in [0.5, 0.6) is 5.75 Å². The molecule has 1 atom stereocenters. The monoisotopic (exact) mass is 345 g/mol.